The van der Waals surface area contributed by atoms with Gasteiger partial charge in [0.15, 0.2) is 0 Å². The van der Waals surface area contributed by atoms with E-state index in [9.17, 15) is 4.79 Å². The first-order valence-electron chi connectivity index (χ1n) is 7.08. The average molecular weight is 348 g/mol. The Morgan fingerprint density at radius 1 is 1.22 bits per heavy atom. The number of amides is 1. The van der Waals surface area contributed by atoms with Crippen LogP contribution >= 0.6 is 23.2 Å². The quantitative estimate of drug-likeness (QED) is 0.796. The number of carbonyl (C=O) groups excluding carboxylic acids is 1. The van der Waals surface area contributed by atoms with E-state index in [1.54, 1.807) is 35.5 Å². The molecule has 0 saturated carbocycles. The molecular formula is C17H15Cl2N3O. The highest BCUT2D eigenvalue weighted by Crippen LogP contribution is 2.25. The highest BCUT2D eigenvalue weighted by atomic mass is 35.5. The van der Waals surface area contributed by atoms with E-state index in [4.69, 9.17) is 28.5 Å². The van der Waals surface area contributed by atoms with Crippen molar-refractivity contribution in [2.45, 2.75) is 19.4 Å². The molecule has 2 aromatic rings. The summed E-state index contributed by atoms with van der Waals surface area (Å²) in [6.07, 6.45) is 3.75. The molecule has 4 nitrogen and oxygen atoms in total. The predicted molar refractivity (Wildman–Crippen MR) is 90.1 cm³/mol. The summed E-state index contributed by atoms with van der Waals surface area (Å²) < 4.78 is 0. The summed E-state index contributed by atoms with van der Waals surface area (Å²) in [6, 6.07) is 10.9. The van der Waals surface area contributed by atoms with Crippen LogP contribution in [0, 0.1) is 11.3 Å². The number of nitrogens with zero attached hydrogens (tertiary/aromatic N) is 3. The Labute approximate surface area is 145 Å². The minimum absolute atomic E-state index is 0.101. The van der Waals surface area contributed by atoms with Crippen LogP contribution < -0.4 is 0 Å². The predicted octanol–water partition coefficient (Wildman–Crippen LogP) is 3.87. The fourth-order valence-corrected chi connectivity index (χ4v) is 2.68. The number of aromatic nitrogens is 1. The van der Waals surface area contributed by atoms with E-state index in [1.165, 1.54) is 0 Å². The molecule has 0 atom stereocenters. The lowest BCUT2D eigenvalue weighted by Gasteiger charge is -2.22. The third kappa shape index (κ3) is 4.95. The van der Waals surface area contributed by atoms with Gasteiger partial charge in [0.2, 0.25) is 5.91 Å². The van der Waals surface area contributed by atoms with Crippen molar-refractivity contribution < 1.29 is 4.79 Å². The second-order valence-corrected chi connectivity index (χ2v) is 5.78. The largest absolute Gasteiger partial charge is 0.337 e. The molecule has 6 heteroatoms. The Hall–Kier alpha value is -2.09. The van der Waals surface area contributed by atoms with Gasteiger partial charge in [-0.3, -0.25) is 9.78 Å². The summed E-state index contributed by atoms with van der Waals surface area (Å²) >= 11 is 12.3. The minimum atomic E-state index is -0.126. The van der Waals surface area contributed by atoms with E-state index in [1.807, 2.05) is 12.1 Å². The standard InChI is InChI=1S/C17H15Cl2N3O/c18-15-5-1-6-16(19)14(15)10-17(23)22(9-3-7-20)12-13-4-2-8-21-11-13/h1-2,4-6,8,11H,3,9-10,12H2. The lowest BCUT2D eigenvalue weighted by Crippen LogP contribution is -2.32. The first kappa shape index (κ1) is 17.3. The number of nitriles is 1. The zero-order valence-electron chi connectivity index (χ0n) is 12.4. The molecule has 0 spiro atoms. The van der Waals surface area contributed by atoms with Gasteiger partial charge >= 0.3 is 0 Å². The van der Waals surface area contributed by atoms with E-state index in [0.29, 0.717) is 28.7 Å². The number of pyridine rings is 1. The van der Waals surface area contributed by atoms with Crippen molar-refractivity contribution in [2.24, 2.45) is 0 Å². The zero-order valence-corrected chi connectivity index (χ0v) is 13.9. The lowest BCUT2D eigenvalue weighted by molar-refractivity contribution is -0.131. The Morgan fingerprint density at radius 2 is 1.96 bits per heavy atom. The zero-order chi connectivity index (χ0) is 16.7. The van der Waals surface area contributed by atoms with Crippen molar-refractivity contribution in [2.75, 3.05) is 6.54 Å². The summed E-state index contributed by atoms with van der Waals surface area (Å²) in [5.74, 6) is -0.126. The van der Waals surface area contributed by atoms with E-state index >= 15 is 0 Å². The number of hydrogen-bond acceptors (Lipinski definition) is 3. The van der Waals surface area contributed by atoms with Gasteiger partial charge in [0.25, 0.3) is 0 Å². The van der Waals surface area contributed by atoms with Crippen LogP contribution in [-0.4, -0.2) is 22.3 Å². The van der Waals surface area contributed by atoms with Crippen LogP contribution in [0.25, 0.3) is 0 Å². The Balaban J connectivity index is 2.15. The maximum atomic E-state index is 12.6. The molecule has 1 aromatic carbocycles. The molecule has 1 aromatic heterocycles. The van der Waals surface area contributed by atoms with Gasteiger partial charge in [-0.05, 0) is 29.3 Å². The van der Waals surface area contributed by atoms with Crippen molar-refractivity contribution >= 4 is 29.1 Å². The van der Waals surface area contributed by atoms with Crippen molar-refractivity contribution in [1.82, 2.24) is 9.88 Å². The van der Waals surface area contributed by atoms with Gasteiger partial charge in [-0.25, -0.2) is 0 Å². The molecule has 0 radical (unpaired) electrons. The Kier molecular flexibility index (Phi) is 6.40. The SMILES string of the molecule is N#CCCN(Cc1cccnc1)C(=O)Cc1c(Cl)cccc1Cl. The summed E-state index contributed by atoms with van der Waals surface area (Å²) in [5.41, 5.74) is 1.51. The number of carbonyl (C=O) groups is 1. The monoisotopic (exact) mass is 347 g/mol. The molecule has 1 heterocycles. The molecule has 0 bridgehead atoms. The van der Waals surface area contributed by atoms with Crippen LogP contribution in [-0.2, 0) is 17.8 Å². The fourth-order valence-electron chi connectivity index (χ4n) is 2.15. The van der Waals surface area contributed by atoms with Crippen LogP contribution in [0.5, 0.6) is 0 Å². The maximum Gasteiger partial charge on any atom is 0.227 e. The minimum Gasteiger partial charge on any atom is -0.337 e. The molecule has 1 amide bonds. The number of halogens is 2. The molecule has 2 rings (SSSR count). The first-order chi connectivity index (χ1) is 11.1. The van der Waals surface area contributed by atoms with Gasteiger partial charge in [0.1, 0.15) is 0 Å². The molecule has 0 fully saturated rings. The lowest BCUT2D eigenvalue weighted by atomic mass is 10.1. The molecule has 0 unspecified atom stereocenters. The maximum absolute atomic E-state index is 12.6. The summed E-state index contributed by atoms with van der Waals surface area (Å²) in [7, 11) is 0. The topological polar surface area (TPSA) is 57.0 Å². The second kappa shape index (κ2) is 8.52. The van der Waals surface area contributed by atoms with Gasteiger partial charge < -0.3 is 4.90 Å². The van der Waals surface area contributed by atoms with Crippen molar-refractivity contribution in [3.8, 4) is 6.07 Å². The highest BCUT2D eigenvalue weighted by Gasteiger charge is 2.17. The van der Waals surface area contributed by atoms with Crippen LogP contribution in [0.3, 0.4) is 0 Å². The molecule has 0 aliphatic rings. The molecular weight excluding hydrogens is 333 g/mol. The second-order valence-electron chi connectivity index (χ2n) is 4.96. The Morgan fingerprint density at radius 3 is 2.57 bits per heavy atom. The normalized spacial score (nSPS) is 10.1. The molecule has 0 aliphatic carbocycles. The third-order valence-corrected chi connectivity index (χ3v) is 4.04. The smallest absolute Gasteiger partial charge is 0.227 e. The number of benzene rings is 1. The van der Waals surface area contributed by atoms with Crippen molar-refractivity contribution in [3.05, 3.63) is 63.9 Å². The number of hydrogen-bond donors (Lipinski definition) is 0. The van der Waals surface area contributed by atoms with Crippen LogP contribution in [0.4, 0.5) is 0 Å². The third-order valence-electron chi connectivity index (χ3n) is 3.33. The van der Waals surface area contributed by atoms with E-state index in [0.717, 1.165) is 5.56 Å². The summed E-state index contributed by atoms with van der Waals surface area (Å²) in [5, 5.41) is 9.73. The molecule has 23 heavy (non-hydrogen) atoms. The van der Waals surface area contributed by atoms with Gasteiger partial charge in [0.05, 0.1) is 18.9 Å². The molecule has 118 valence electrons. The van der Waals surface area contributed by atoms with Gasteiger partial charge in [0, 0.05) is 35.5 Å². The van der Waals surface area contributed by atoms with Crippen molar-refractivity contribution in [1.29, 1.82) is 5.26 Å². The van der Waals surface area contributed by atoms with E-state index in [2.05, 4.69) is 11.1 Å². The summed E-state index contributed by atoms with van der Waals surface area (Å²) in [4.78, 5) is 18.3. The van der Waals surface area contributed by atoms with Gasteiger partial charge in [-0.1, -0.05) is 35.3 Å². The first-order valence-corrected chi connectivity index (χ1v) is 7.84. The highest BCUT2D eigenvalue weighted by molar-refractivity contribution is 6.36. The van der Waals surface area contributed by atoms with Crippen LogP contribution in [0.15, 0.2) is 42.7 Å². The van der Waals surface area contributed by atoms with Crippen LogP contribution in [0.2, 0.25) is 10.0 Å². The molecule has 0 saturated heterocycles. The number of rotatable bonds is 6. The van der Waals surface area contributed by atoms with Gasteiger partial charge in [-0.15, -0.1) is 0 Å². The summed E-state index contributed by atoms with van der Waals surface area (Å²) in [6.45, 7) is 0.753. The average Bonchev–Trinajstić information content (AvgIpc) is 2.55. The van der Waals surface area contributed by atoms with E-state index in [-0.39, 0.29) is 18.7 Å². The van der Waals surface area contributed by atoms with Crippen molar-refractivity contribution in [3.63, 3.8) is 0 Å². The van der Waals surface area contributed by atoms with Gasteiger partial charge in [-0.2, -0.15) is 5.26 Å². The fraction of sp³-hybridized carbons (Fsp3) is 0.235. The van der Waals surface area contributed by atoms with Crippen LogP contribution in [0.1, 0.15) is 17.5 Å². The Bertz CT molecular complexity index is 693. The van der Waals surface area contributed by atoms with E-state index < -0.39 is 0 Å². The molecule has 0 aliphatic heterocycles. The molecule has 0 N–H and O–H groups in total.